The minimum Gasteiger partial charge on any atom is -0.496 e. The van der Waals surface area contributed by atoms with Crippen molar-refractivity contribution < 1.29 is 9.47 Å². The number of alkyl halides is 1. The average Bonchev–Trinajstić information content (AvgIpc) is 2.90. The standard InChI is InChI=1S/C25H37ClN2O2.C3H8.2C2H6/c1-6-7-25(19(2)10-12-26)30-15-13-27-23-11-14-28(21(4)17-23)18-22-8-9-24(29-5)20(3)16-22;1-3-2;2*1-2/h6-10,16,21,23,27H,1,11-15,17-18H2,2-5H3;3H2,1-2H3;2*1-2H3/b19-10-,25-7+;;;. The number of halogens is 1. The number of hydrogen-bond donors (Lipinski definition) is 1. The second kappa shape index (κ2) is 24.6. The topological polar surface area (TPSA) is 33.7 Å². The molecule has 1 aliphatic rings. The van der Waals surface area contributed by atoms with Crippen LogP contribution in [0.2, 0.25) is 0 Å². The van der Waals surface area contributed by atoms with E-state index in [9.17, 15) is 0 Å². The molecule has 5 heteroatoms. The fraction of sp³-hybridized carbons (Fsp3) is 0.625. The van der Waals surface area contributed by atoms with E-state index >= 15 is 0 Å². The highest BCUT2D eigenvalue weighted by Crippen LogP contribution is 2.23. The summed E-state index contributed by atoms with van der Waals surface area (Å²) in [5.41, 5.74) is 3.59. The van der Waals surface area contributed by atoms with Crippen LogP contribution in [-0.4, -0.2) is 49.7 Å². The van der Waals surface area contributed by atoms with Crippen LogP contribution < -0.4 is 10.1 Å². The predicted octanol–water partition coefficient (Wildman–Crippen LogP) is 8.69. The Morgan fingerprint density at radius 3 is 2.38 bits per heavy atom. The van der Waals surface area contributed by atoms with Gasteiger partial charge in [0.2, 0.25) is 0 Å². The molecule has 2 rings (SSSR count). The average molecular weight is 537 g/mol. The molecule has 1 aromatic carbocycles. The Balaban J connectivity index is 0. The summed E-state index contributed by atoms with van der Waals surface area (Å²) in [6.45, 7) is 26.0. The third kappa shape index (κ3) is 16.0. The fourth-order valence-electron chi connectivity index (χ4n) is 3.96. The Labute approximate surface area is 235 Å². The van der Waals surface area contributed by atoms with Crippen molar-refractivity contribution in [3.8, 4) is 5.75 Å². The number of benzene rings is 1. The maximum atomic E-state index is 5.92. The van der Waals surface area contributed by atoms with Gasteiger partial charge in [0.05, 0.1) is 7.11 Å². The van der Waals surface area contributed by atoms with Crippen LogP contribution in [0.4, 0.5) is 0 Å². The molecular formula is C32H57ClN2O2. The molecule has 1 fully saturated rings. The zero-order valence-corrected chi connectivity index (χ0v) is 26.4. The van der Waals surface area contributed by atoms with E-state index in [0.29, 0.717) is 24.6 Å². The Hall–Kier alpha value is -1.75. The molecule has 4 nitrogen and oxygen atoms in total. The molecule has 1 aliphatic heterocycles. The van der Waals surface area contributed by atoms with Crippen molar-refractivity contribution in [3.63, 3.8) is 0 Å². The van der Waals surface area contributed by atoms with E-state index in [-0.39, 0.29) is 0 Å². The summed E-state index contributed by atoms with van der Waals surface area (Å²) in [5.74, 6) is 2.27. The number of likely N-dealkylation sites (tertiary alicyclic amines) is 1. The molecular weight excluding hydrogens is 480 g/mol. The number of nitrogens with zero attached hydrogens (tertiary/aromatic N) is 1. The van der Waals surface area contributed by atoms with Crippen LogP contribution >= 0.6 is 11.6 Å². The lowest BCUT2D eigenvalue weighted by molar-refractivity contribution is 0.124. The minimum absolute atomic E-state index is 0.481. The second-order valence-corrected chi connectivity index (χ2v) is 8.97. The van der Waals surface area contributed by atoms with Crippen molar-refractivity contribution in [2.24, 2.45) is 0 Å². The number of nitrogens with one attached hydrogen (secondary N) is 1. The highest BCUT2D eigenvalue weighted by Gasteiger charge is 2.25. The van der Waals surface area contributed by atoms with Gasteiger partial charge in [0, 0.05) is 37.6 Å². The van der Waals surface area contributed by atoms with Crippen LogP contribution in [0.1, 0.15) is 85.8 Å². The molecule has 0 aliphatic carbocycles. The van der Waals surface area contributed by atoms with Gasteiger partial charge in [-0.15, -0.1) is 11.6 Å². The van der Waals surface area contributed by atoms with E-state index in [0.717, 1.165) is 49.6 Å². The summed E-state index contributed by atoms with van der Waals surface area (Å²) in [4.78, 5) is 2.57. The maximum Gasteiger partial charge on any atom is 0.121 e. The Bertz CT molecular complexity index is 761. The number of piperidine rings is 1. The predicted molar refractivity (Wildman–Crippen MR) is 166 cm³/mol. The summed E-state index contributed by atoms with van der Waals surface area (Å²) in [5, 5.41) is 3.66. The van der Waals surface area contributed by atoms with Gasteiger partial charge in [-0.05, 0) is 62.5 Å². The van der Waals surface area contributed by atoms with E-state index in [1.54, 1.807) is 13.2 Å². The first kappa shape index (κ1) is 37.4. The number of allylic oxidation sites excluding steroid dienone is 4. The first-order valence-corrected chi connectivity index (χ1v) is 14.7. The van der Waals surface area contributed by atoms with E-state index in [2.05, 4.69) is 62.7 Å². The lowest BCUT2D eigenvalue weighted by Crippen LogP contribution is -2.47. The second-order valence-electron chi connectivity index (χ2n) is 8.66. The molecule has 0 amide bonds. The SMILES string of the molecule is C=C/C=C(OCCNC1CCN(Cc2ccc(OC)c(C)c2)C(C)C1)\C(C)=C/CCl.CC.CC.CCC. The van der Waals surface area contributed by atoms with Crippen molar-refractivity contribution in [3.05, 3.63) is 65.5 Å². The molecule has 2 unspecified atom stereocenters. The van der Waals surface area contributed by atoms with Crippen LogP contribution in [0, 0.1) is 6.92 Å². The monoisotopic (exact) mass is 536 g/mol. The molecule has 0 radical (unpaired) electrons. The van der Waals surface area contributed by atoms with Crippen LogP contribution in [0.5, 0.6) is 5.75 Å². The molecule has 0 aromatic heterocycles. The summed E-state index contributed by atoms with van der Waals surface area (Å²) in [6.07, 6.45) is 9.14. The van der Waals surface area contributed by atoms with E-state index < -0.39 is 0 Å². The molecule has 214 valence electrons. The molecule has 2 atom stereocenters. The summed E-state index contributed by atoms with van der Waals surface area (Å²) < 4.78 is 11.3. The molecule has 37 heavy (non-hydrogen) atoms. The number of ether oxygens (including phenoxy) is 2. The van der Waals surface area contributed by atoms with Gasteiger partial charge in [0.15, 0.2) is 0 Å². The number of methoxy groups -OCH3 is 1. The van der Waals surface area contributed by atoms with Crippen molar-refractivity contribution in [1.82, 2.24) is 10.2 Å². The van der Waals surface area contributed by atoms with Crippen LogP contribution in [0.25, 0.3) is 0 Å². The van der Waals surface area contributed by atoms with Gasteiger partial charge in [-0.1, -0.05) is 78.8 Å². The van der Waals surface area contributed by atoms with Gasteiger partial charge in [-0.2, -0.15) is 0 Å². The molecule has 0 spiro atoms. The van der Waals surface area contributed by atoms with E-state index in [1.165, 1.54) is 17.5 Å². The van der Waals surface area contributed by atoms with Crippen molar-refractivity contribution in [2.75, 3.05) is 32.7 Å². The highest BCUT2D eigenvalue weighted by molar-refractivity contribution is 6.18. The summed E-state index contributed by atoms with van der Waals surface area (Å²) in [7, 11) is 1.72. The normalized spacial score (nSPS) is 17.7. The van der Waals surface area contributed by atoms with E-state index in [1.807, 2.05) is 46.8 Å². The Morgan fingerprint density at radius 1 is 1.22 bits per heavy atom. The number of aryl methyl sites for hydroxylation is 1. The van der Waals surface area contributed by atoms with Crippen LogP contribution in [-0.2, 0) is 11.3 Å². The minimum atomic E-state index is 0.481. The number of hydrogen-bond acceptors (Lipinski definition) is 4. The molecule has 0 saturated carbocycles. The van der Waals surface area contributed by atoms with Gasteiger partial charge in [0.25, 0.3) is 0 Å². The number of rotatable bonds is 11. The van der Waals surface area contributed by atoms with Crippen molar-refractivity contribution in [2.45, 2.75) is 100 Å². The molecule has 1 heterocycles. The van der Waals surface area contributed by atoms with Gasteiger partial charge < -0.3 is 14.8 Å². The van der Waals surface area contributed by atoms with Gasteiger partial charge in [-0.25, -0.2) is 0 Å². The quantitative estimate of drug-likeness (QED) is 0.133. The third-order valence-electron chi connectivity index (χ3n) is 5.69. The Kier molecular flexibility index (Phi) is 24.8. The lowest BCUT2D eigenvalue weighted by atomic mass is 9.97. The van der Waals surface area contributed by atoms with Crippen LogP contribution in [0.15, 0.2) is 54.3 Å². The fourth-order valence-corrected chi connectivity index (χ4v) is 4.19. The molecule has 1 aromatic rings. The van der Waals surface area contributed by atoms with Gasteiger partial charge >= 0.3 is 0 Å². The van der Waals surface area contributed by atoms with Crippen molar-refractivity contribution in [1.29, 1.82) is 0 Å². The smallest absolute Gasteiger partial charge is 0.121 e. The highest BCUT2D eigenvalue weighted by atomic mass is 35.5. The van der Waals surface area contributed by atoms with Crippen LogP contribution in [0.3, 0.4) is 0 Å². The Morgan fingerprint density at radius 2 is 1.86 bits per heavy atom. The first-order valence-electron chi connectivity index (χ1n) is 14.2. The molecule has 1 N–H and O–H groups in total. The van der Waals surface area contributed by atoms with E-state index in [4.69, 9.17) is 21.1 Å². The summed E-state index contributed by atoms with van der Waals surface area (Å²) >= 11 is 5.79. The van der Waals surface area contributed by atoms with Gasteiger partial charge in [0.1, 0.15) is 18.1 Å². The lowest BCUT2D eigenvalue weighted by Gasteiger charge is -2.38. The molecule has 1 saturated heterocycles. The zero-order chi connectivity index (χ0) is 28.6. The molecule has 0 bridgehead atoms. The third-order valence-corrected chi connectivity index (χ3v) is 5.85. The zero-order valence-electron chi connectivity index (χ0n) is 25.6. The van der Waals surface area contributed by atoms with Gasteiger partial charge in [-0.3, -0.25) is 4.90 Å². The maximum absolute atomic E-state index is 5.92. The largest absolute Gasteiger partial charge is 0.496 e. The summed E-state index contributed by atoms with van der Waals surface area (Å²) in [6, 6.07) is 7.56. The first-order chi connectivity index (χ1) is 17.9. The van der Waals surface area contributed by atoms with Crippen molar-refractivity contribution >= 4 is 11.6 Å².